The number of hydrogen-bond acceptors (Lipinski definition) is 4. The van der Waals surface area contributed by atoms with Gasteiger partial charge in [0.05, 0.1) is 19.5 Å². The minimum absolute atomic E-state index is 0.289. The maximum absolute atomic E-state index is 5.71. The third-order valence-corrected chi connectivity index (χ3v) is 3.62. The average molecular weight is 354 g/mol. The lowest BCUT2D eigenvalue weighted by Crippen LogP contribution is -2.17. The first-order chi connectivity index (χ1) is 12.7. The van der Waals surface area contributed by atoms with Crippen LogP contribution in [0, 0.1) is 0 Å². The number of hydrogen-bond donors (Lipinski definition) is 0. The summed E-state index contributed by atoms with van der Waals surface area (Å²) in [7, 11) is 0. The second-order valence-corrected chi connectivity index (χ2v) is 5.64. The van der Waals surface area contributed by atoms with Gasteiger partial charge in [-0.1, -0.05) is 31.4 Å². The molecule has 0 aliphatic heterocycles. The van der Waals surface area contributed by atoms with E-state index in [1.165, 1.54) is 6.26 Å². The third kappa shape index (κ3) is 7.03. The number of rotatable bonds is 12. The van der Waals surface area contributed by atoms with Crippen molar-refractivity contribution in [3.8, 4) is 17.2 Å². The summed E-state index contributed by atoms with van der Waals surface area (Å²) in [6.45, 7) is 10.4. The Morgan fingerprint density at radius 2 is 1.46 bits per heavy atom. The third-order valence-electron chi connectivity index (χ3n) is 3.62. The fourth-order valence-electron chi connectivity index (χ4n) is 2.26. The highest BCUT2D eigenvalue weighted by atomic mass is 16.7. The summed E-state index contributed by atoms with van der Waals surface area (Å²) in [6, 6.07) is 15.2. The van der Waals surface area contributed by atoms with E-state index >= 15 is 0 Å². The predicted octanol–water partition coefficient (Wildman–Crippen LogP) is 5.45. The molecule has 1 atom stereocenters. The maximum Gasteiger partial charge on any atom is 0.196 e. The van der Waals surface area contributed by atoms with Gasteiger partial charge in [0.1, 0.15) is 17.2 Å². The lowest BCUT2D eigenvalue weighted by molar-refractivity contribution is -0.0680. The van der Waals surface area contributed by atoms with Crippen molar-refractivity contribution >= 4 is 6.08 Å². The van der Waals surface area contributed by atoms with E-state index in [1.807, 2.05) is 55.5 Å². The highest BCUT2D eigenvalue weighted by molar-refractivity contribution is 5.48. The molecule has 0 heterocycles. The molecular formula is C22H26O4. The minimum Gasteiger partial charge on any atom is -0.494 e. The lowest BCUT2D eigenvalue weighted by atomic mass is 10.2. The molecule has 0 spiro atoms. The van der Waals surface area contributed by atoms with Gasteiger partial charge in [-0.05, 0) is 61.7 Å². The second kappa shape index (κ2) is 11.0. The van der Waals surface area contributed by atoms with Crippen molar-refractivity contribution in [1.29, 1.82) is 0 Å². The van der Waals surface area contributed by atoms with Gasteiger partial charge in [0.15, 0.2) is 6.29 Å². The topological polar surface area (TPSA) is 36.9 Å². The second-order valence-electron chi connectivity index (χ2n) is 5.64. The van der Waals surface area contributed by atoms with Gasteiger partial charge in [0, 0.05) is 0 Å². The van der Waals surface area contributed by atoms with Gasteiger partial charge in [0.2, 0.25) is 0 Å². The number of unbranched alkanes of at least 4 members (excludes halogenated alkanes) is 1. The molecule has 0 radical (unpaired) electrons. The van der Waals surface area contributed by atoms with Crippen LogP contribution in [-0.2, 0) is 4.74 Å². The molecule has 4 heteroatoms. The van der Waals surface area contributed by atoms with Crippen LogP contribution in [0.25, 0.3) is 6.08 Å². The SMILES string of the molecule is C=COc1ccc(OCCCCOC(C)Oc2ccc(C=C)cc2)cc1. The zero-order valence-corrected chi connectivity index (χ0v) is 15.2. The van der Waals surface area contributed by atoms with Crippen molar-refractivity contribution in [2.45, 2.75) is 26.1 Å². The first-order valence-corrected chi connectivity index (χ1v) is 8.72. The molecule has 0 fully saturated rings. The average Bonchev–Trinajstić information content (AvgIpc) is 2.66. The predicted molar refractivity (Wildman–Crippen MR) is 105 cm³/mol. The highest BCUT2D eigenvalue weighted by Crippen LogP contribution is 2.18. The van der Waals surface area contributed by atoms with Crippen LogP contribution in [0.2, 0.25) is 0 Å². The van der Waals surface area contributed by atoms with Gasteiger partial charge < -0.3 is 18.9 Å². The normalized spacial score (nSPS) is 11.4. The molecule has 0 amide bonds. The van der Waals surface area contributed by atoms with Gasteiger partial charge in [-0.3, -0.25) is 0 Å². The van der Waals surface area contributed by atoms with Crippen molar-refractivity contribution in [1.82, 2.24) is 0 Å². The largest absolute Gasteiger partial charge is 0.494 e. The van der Waals surface area contributed by atoms with Crippen LogP contribution in [0.1, 0.15) is 25.3 Å². The Morgan fingerprint density at radius 1 is 0.846 bits per heavy atom. The summed E-state index contributed by atoms with van der Waals surface area (Å²) in [5.41, 5.74) is 1.06. The lowest BCUT2D eigenvalue weighted by Gasteiger charge is -2.15. The van der Waals surface area contributed by atoms with E-state index in [2.05, 4.69) is 13.2 Å². The van der Waals surface area contributed by atoms with Crippen molar-refractivity contribution < 1.29 is 18.9 Å². The Hall–Kier alpha value is -2.72. The van der Waals surface area contributed by atoms with Crippen LogP contribution in [0.4, 0.5) is 0 Å². The van der Waals surface area contributed by atoms with Crippen LogP contribution < -0.4 is 14.2 Å². The van der Waals surface area contributed by atoms with Crippen molar-refractivity contribution in [2.75, 3.05) is 13.2 Å². The van der Waals surface area contributed by atoms with Crippen molar-refractivity contribution in [3.63, 3.8) is 0 Å². The standard InChI is InChI=1S/C22H26O4/c1-4-19-8-10-22(11-9-19)26-18(3)24-16-6-7-17-25-21-14-12-20(13-15-21)23-5-2/h4-5,8-15,18H,1-2,6-7,16-17H2,3H3. The maximum atomic E-state index is 5.71. The highest BCUT2D eigenvalue weighted by Gasteiger charge is 2.04. The Bertz CT molecular complexity index is 662. The molecule has 138 valence electrons. The van der Waals surface area contributed by atoms with E-state index in [4.69, 9.17) is 18.9 Å². The molecule has 0 bridgehead atoms. The Balaban J connectivity index is 1.56. The summed E-state index contributed by atoms with van der Waals surface area (Å²) in [6.07, 6.45) is 4.72. The molecule has 0 aliphatic carbocycles. The molecule has 2 aromatic carbocycles. The number of ether oxygens (including phenoxy) is 4. The van der Waals surface area contributed by atoms with E-state index in [1.54, 1.807) is 6.08 Å². The number of benzene rings is 2. The Labute approximate surface area is 155 Å². The molecule has 2 aromatic rings. The molecule has 0 saturated heterocycles. The quantitative estimate of drug-likeness (QED) is 0.288. The zero-order chi connectivity index (χ0) is 18.6. The fraction of sp³-hybridized carbons (Fsp3) is 0.273. The van der Waals surface area contributed by atoms with Gasteiger partial charge in [-0.15, -0.1) is 0 Å². The molecular weight excluding hydrogens is 328 g/mol. The van der Waals surface area contributed by atoms with E-state index in [0.29, 0.717) is 13.2 Å². The van der Waals surface area contributed by atoms with Crippen LogP contribution >= 0.6 is 0 Å². The van der Waals surface area contributed by atoms with E-state index in [9.17, 15) is 0 Å². The summed E-state index contributed by atoms with van der Waals surface area (Å²) >= 11 is 0. The Morgan fingerprint density at radius 3 is 2.12 bits per heavy atom. The summed E-state index contributed by atoms with van der Waals surface area (Å²) in [4.78, 5) is 0. The van der Waals surface area contributed by atoms with Crippen molar-refractivity contribution in [2.24, 2.45) is 0 Å². The molecule has 0 aliphatic rings. The summed E-state index contributed by atoms with van der Waals surface area (Å²) < 4.78 is 22.2. The molecule has 1 unspecified atom stereocenters. The van der Waals surface area contributed by atoms with E-state index in [-0.39, 0.29) is 6.29 Å². The summed E-state index contributed by atoms with van der Waals surface area (Å²) in [5, 5.41) is 0. The fourth-order valence-corrected chi connectivity index (χ4v) is 2.26. The monoisotopic (exact) mass is 354 g/mol. The molecule has 4 nitrogen and oxygen atoms in total. The molecule has 0 aromatic heterocycles. The minimum atomic E-state index is -0.289. The van der Waals surface area contributed by atoms with Crippen molar-refractivity contribution in [3.05, 3.63) is 73.5 Å². The molecule has 0 saturated carbocycles. The molecule has 0 N–H and O–H groups in total. The van der Waals surface area contributed by atoms with E-state index < -0.39 is 0 Å². The Kier molecular flexibility index (Phi) is 8.30. The molecule has 26 heavy (non-hydrogen) atoms. The first kappa shape index (κ1) is 19.6. The van der Waals surface area contributed by atoms with Gasteiger partial charge >= 0.3 is 0 Å². The van der Waals surface area contributed by atoms with Gasteiger partial charge in [0.25, 0.3) is 0 Å². The van der Waals surface area contributed by atoms with Crippen LogP contribution in [-0.4, -0.2) is 19.5 Å². The summed E-state index contributed by atoms with van der Waals surface area (Å²) in [5.74, 6) is 2.35. The van der Waals surface area contributed by atoms with E-state index in [0.717, 1.165) is 35.7 Å². The van der Waals surface area contributed by atoms with Crippen LogP contribution in [0.5, 0.6) is 17.2 Å². The van der Waals surface area contributed by atoms with Crippen LogP contribution in [0.3, 0.4) is 0 Å². The molecule has 2 rings (SSSR count). The van der Waals surface area contributed by atoms with Crippen LogP contribution in [0.15, 0.2) is 68.0 Å². The zero-order valence-electron chi connectivity index (χ0n) is 15.2. The smallest absolute Gasteiger partial charge is 0.196 e. The first-order valence-electron chi connectivity index (χ1n) is 8.72. The van der Waals surface area contributed by atoms with Gasteiger partial charge in [-0.25, -0.2) is 0 Å². The van der Waals surface area contributed by atoms with Gasteiger partial charge in [-0.2, -0.15) is 0 Å².